The molecule has 0 aromatic heterocycles. The van der Waals surface area contributed by atoms with Gasteiger partial charge in [0.1, 0.15) is 11.9 Å². The Balaban J connectivity index is 2.70. The summed E-state index contributed by atoms with van der Waals surface area (Å²) in [7, 11) is 0. The van der Waals surface area contributed by atoms with Crippen molar-refractivity contribution in [1.29, 1.82) is 0 Å². The standard InChI is InChI=1S/C13H17BrFNO2/c1-3-8(2)12(13(17)18)16-7-9-4-5-10(15)6-11(9)14/h4-6,8,12,16H,3,7H2,1-2H3,(H,17,18)/t8-,12-/m0/s1. The van der Waals surface area contributed by atoms with E-state index in [1.54, 1.807) is 6.07 Å². The van der Waals surface area contributed by atoms with E-state index in [4.69, 9.17) is 5.11 Å². The van der Waals surface area contributed by atoms with Crippen LogP contribution in [-0.2, 0) is 11.3 Å². The molecule has 2 N–H and O–H groups in total. The van der Waals surface area contributed by atoms with Gasteiger partial charge in [0.05, 0.1) is 0 Å². The van der Waals surface area contributed by atoms with Crippen LogP contribution in [0, 0.1) is 11.7 Å². The summed E-state index contributed by atoms with van der Waals surface area (Å²) in [5.74, 6) is -1.13. The number of carbonyl (C=O) groups is 1. The molecule has 0 unspecified atom stereocenters. The Kier molecular flexibility index (Phi) is 5.75. The molecule has 0 aliphatic carbocycles. The first-order valence-electron chi connectivity index (χ1n) is 5.85. The molecule has 0 fully saturated rings. The Labute approximate surface area is 115 Å². The van der Waals surface area contributed by atoms with E-state index in [0.29, 0.717) is 11.0 Å². The molecule has 0 radical (unpaired) electrons. The Morgan fingerprint density at radius 3 is 2.72 bits per heavy atom. The molecule has 2 atom stereocenters. The molecule has 5 heteroatoms. The number of nitrogens with one attached hydrogen (secondary N) is 1. The minimum absolute atomic E-state index is 0.0433. The Morgan fingerprint density at radius 1 is 1.56 bits per heavy atom. The number of carboxylic acid groups (broad SMARTS) is 1. The molecule has 0 saturated heterocycles. The summed E-state index contributed by atoms with van der Waals surface area (Å²) < 4.78 is 13.6. The summed E-state index contributed by atoms with van der Waals surface area (Å²) in [5, 5.41) is 12.1. The van der Waals surface area contributed by atoms with Gasteiger partial charge in [-0.05, 0) is 23.6 Å². The average molecular weight is 318 g/mol. The van der Waals surface area contributed by atoms with E-state index in [-0.39, 0.29) is 11.7 Å². The van der Waals surface area contributed by atoms with Gasteiger partial charge in [0, 0.05) is 11.0 Å². The highest BCUT2D eigenvalue weighted by Crippen LogP contribution is 2.18. The maximum atomic E-state index is 12.9. The van der Waals surface area contributed by atoms with Crippen LogP contribution >= 0.6 is 15.9 Å². The van der Waals surface area contributed by atoms with Crippen LogP contribution in [0.4, 0.5) is 4.39 Å². The van der Waals surface area contributed by atoms with Crippen molar-refractivity contribution >= 4 is 21.9 Å². The lowest BCUT2D eigenvalue weighted by atomic mass is 9.99. The second kappa shape index (κ2) is 6.85. The normalized spacial score (nSPS) is 14.2. The summed E-state index contributed by atoms with van der Waals surface area (Å²) in [6.45, 7) is 4.24. The molecule has 0 aliphatic heterocycles. The third-order valence-corrected chi connectivity index (χ3v) is 3.74. The SMILES string of the molecule is CC[C@H](C)[C@H](NCc1ccc(F)cc1Br)C(=O)O. The van der Waals surface area contributed by atoms with Gasteiger partial charge in [0.15, 0.2) is 0 Å². The molecule has 3 nitrogen and oxygen atoms in total. The average Bonchev–Trinajstić information content (AvgIpc) is 2.31. The van der Waals surface area contributed by atoms with Crippen molar-refractivity contribution in [2.75, 3.05) is 0 Å². The van der Waals surface area contributed by atoms with Crippen LogP contribution in [0.2, 0.25) is 0 Å². The highest BCUT2D eigenvalue weighted by atomic mass is 79.9. The molecule has 0 bridgehead atoms. The molecule has 18 heavy (non-hydrogen) atoms. The minimum atomic E-state index is -0.859. The summed E-state index contributed by atoms with van der Waals surface area (Å²) in [6, 6.07) is 3.78. The maximum absolute atomic E-state index is 12.9. The van der Waals surface area contributed by atoms with Gasteiger partial charge < -0.3 is 10.4 Å². The second-order valence-corrected chi connectivity index (χ2v) is 5.17. The Bertz CT molecular complexity index is 425. The van der Waals surface area contributed by atoms with Crippen LogP contribution in [0.1, 0.15) is 25.8 Å². The van der Waals surface area contributed by atoms with Gasteiger partial charge in [-0.3, -0.25) is 4.79 Å². The van der Waals surface area contributed by atoms with E-state index in [0.717, 1.165) is 12.0 Å². The Morgan fingerprint density at radius 2 is 2.22 bits per heavy atom. The number of hydrogen-bond donors (Lipinski definition) is 2. The van der Waals surface area contributed by atoms with Crippen LogP contribution in [0.3, 0.4) is 0 Å². The fourth-order valence-corrected chi connectivity index (χ4v) is 2.14. The van der Waals surface area contributed by atoms with Crippen molar-refractivity contribution in [3.8, 4) is 0 Å². The molecule has 1 aromatic carbocycles. The predicted octanol–water partition coefficient (Wildman–Crippen LogP) is 3.18. The molecule has 0 saturated carbocycles. The topological polar surface area (TPSA) is 49.3 Å². The van der Waals surface area contributed by atoms with Crippen molar-refractivity contribution in [1.82, 2.24) is 5.32 Å². The van der Waals surface area contributed by atoms with Gasteiger partial charge in [0.2, 0.25) is 0 Å². The highest BCUT2D eigenvalue weighted by Gasteiger charge is 2.22. The van der Waals surface area contributed by atoms with Crippen molar-refractivity contribution in [2.24, 2.45) is 5.92 Å². The lowest BCUT2D eigenvalue weighted by Crippen LogP contribution is -2.41. The molecule has 1 aromatic rings. The fraction of sp³-hybridized carbons (Fsp3) is 0.462. The highest BCUT2D eigenvalue weighted by molar-refractivity contribution is 9.10. The zero-order valence-corrected chi connectivity index (χ0v) is 12.0. The zero-order chi connectivity index (χ0) is 13.7. The van der Waals surface area contributed by atoms with Crippen LogP contribution in [0.5, 0.6) is 0 Å². The lowest BCUT2D eigenvalue weighted by molar-refractivity contribution is -0.140. The summed E-state index contributed by atoms with van der Waals surface area (Å²) >= 11 is 3.26. The third-order valence-electron chi connectivity index (χ3n) is 3.01. The molecule has 100 valence electrons. The van der Waals surface area contributed by atoms with E-state index >= 15 is 0 Å². The van der Waals surface area contributed by atoms with Crippen molar-refractivity contribution < 1.29 is 14.3 Å². The van der Waals surface area contributed by atoms with Crippen molar-refractivity contribution in [3.05, 3.63) is 34.1 Å². The van der Waals surface area contributed by atoms with Crippen LogP contribution in [-0.4, -0.2) is 17.1 Å². The molecular weight excluding hydrogens is 301 g/mol. The smallest absolute Gasteiger partial charge is 0.320 e. The first-order valence-corrected chi connectivity index (χ1v) is 6.65. The number of carboxylic acids is 1. The van der Waals surface area contributed by atoms with Crippen LogP contribution in [0.15, 0.2) is 22.7 Å². The summed E-state index contributed by atoms with van der Waals surface area (Å²) in [4.78, 5) is 11.1. The number of rotatable bonds is 6. The zero-order valence-electron chi connectivity index (χ0n) is 10.4. The van der Waals surface area contributed by atoms with E-state index in [1.165, 1.54) is 12.1 Å². The van der Waals surface area contributed by atoms with Crippen molar-refractivity contribution in [3.63, 3.8) is 0 Å². The van der Waals surface area contributed by atoms with E-state index in [2.05, 4.69) is 21.2 Å². The monoisotopic (exact) mass is 317 g/mol. The fourth-order valence-electron chi connectivity index (χ4n) is 1.65. The van der Waals surface area contributed by atoms with Crippen LogP contribution in [0.25, 0.3) is 0 Å². The van der Waals surface area contributed by atoms with Gasteiger partial charge in [-0.1, -0.05) is 42.3 Å². The van der Waals surface area contributed by atoms with Crippen LogP contribution < -0.4 is 5.32 Å². The molecule has 0 spiro atoms. The first-order chi connectivity index (χ1) is 8.45. The van der Waals surface area contributed by atoms with E-state index < -0.39 is 12.0 Å². The quantitative estimate of drug-likeness (QED) is 0.847. The lowest BCUT2D eigenvalue weighted by Gasteiger charge is -2.20. The maximum Gasteiger partial charge on any atom is 0.320 e. The Hall–Kier alpha value is -0.940. The summed E-state index contributed by atoms with van der Waals surface area (Å²) in [6.07, 6.45) is 0.786. The van der Waals surface area contributed by atoms with Gasteiger partial charge in [0.25, 0.3) is 0 Å². The number of hydrogen-bond acceptors (Lipinski definition) is 2. The largest absolute Gasteiger partial charge is 0.480 e. The molecule has 0 heterocycles. The van der Waals surface area contributed by atoms with Crippen molar-refractivity contribution in [2.45, 2.75) is 32.9 Å². The van der Waals surface area contributed by atoms with E-state index in [1.807, 2.05) is 13.8 Å². The third kappa shape index (κ3) is 4.07. The molecule has 1 rings (SSSR count). The summed E-state index contributed by atoms with van der Waals surface area (Å²) in [5.41, 5.74) is 0.839. The minimum Gasteiger partial charge on any atom is -0.480 e. The molecule has 0 amide bonds. The number of halogens is 2. The van der Waals surface area contributed by atoms with Gasteiger partial charge >= 0.3 is 5.97 Å². The second-order valence-electron chi connectivity index (χ2n) is 4.32. The predicted molar refractivity (Wildman–Crippen MR) is 71.8 cm³/mol. The first kappa shape index (κ1) is 15.1. The number of benzene rings is 1. The van der Waals surface area contributed by atoms with E-state index in [9.17, 15) is 9.18 Å². The van der Waals surface area contributed by atoms with Gasteiger partial charge in [-0.15, -0.1) is 0 Å². The molecular formula is C13H17BrFNO2. The van der Waals surface area contributed by atoms with Gasteiger partial charge in [-0.25, -0.2) is 4.39 Å². The number of aliphatic carboxylic acids is 1. The molecule has 0 aliphatic rings. The van der Waals surface area contributed by atoms with Gasteiger partial charge in [-0.2, -0.15) is 0 Å².